The first-order valence-electron chi connectivity index (χ1n) is 13.3. The molecule has 1 saturated carbocycles. The molecule has 0 radical (unpaired) electrons. The Bertz CT molecular complexity index is 1380. The Labute approximate surface area is 234 Å². The molecule has 2 amide bonds. The van der Waals surface area contributed by atoms with Crippen LogP contribution in [0.2, 0.25) is 0 Å². The zero-order valence-electron chi connectivity index (χ0n) is 22.1. The number of rotatable bonds is 14. The average molecular weight is 568 g/mol. The van der Waals surface area contributed by atoms with Crippen molar-refractivity contribution >= 4 is 21.8 Å². The molecule has 0 unspecified atom stereocenters. The number of halogens is 1. The molecular weight excluding hydrogens is 533 g/mol. The normalized spacial score (nSPS) is 13.9. The molecule has 10 heteroatoms. The van der Waals surface area contributed by atoms with Crippen LogP contribution in [0.4, 0.5) is 4.39 Å². The number of sulfonamides is 1. The Hall–Kier alpha value is -3.60. The van der Waals surface area contributed by atoms with Gasteiger partial charge in [-0.3, -0.25) is 9.59 Å². The van der Waals surface area contributed by atoms with E-state index in [1.165, 1.54) is 29.2 Å². The van der Waals surface area contributed by atoms with Gasteiger partial charge in [0, 0.05) is 32.0 Å². The largest absolute Gasteiger partial charge is 0.395 e. The number of nitrogens with zero attached hydrogens (tertiary/aromatic N) is 1. The number of amides is 2. The van der Waals surface area contributed by atoms with Crippen molar-refractivity contribution in [1.82, 2.24) is 14.9 Å². The fraction of sp³-hybridized carbons (Fsp3) is 0.333. The molecule has 1 fully saturated rings. The smallest absolute Gasteiger partial charge is 0.243 e. The second kappa shape index (κ2) is 13.6. The zero-order valence-corrected chi connectivity index (χ0v) is 22.9. The van der Waals surface area contributed by atoms with Crippen LogP contribution < -0.4 is 10.0 Å². The van der Waals surface area contributed by atoms with Gasteiger partial charge in [0.1, 0.15) is 11.9 Å². The molecule has 0 aromatic heterocycles. The molecule has 40 heavy (non-hydrogen) atoms. The minimum atomic E-state index is -3.57. The SMILES string of the molecule is O=C(NCCO)[C@H](Cc1ccccc1)N(Cc1ccc(F)cc1)C(=O)CCc1ccc(S(=O)(=O)NC2CC2)cc1. The fourth-order valence-electron chi connectivity index (χ4n) is 4.36. The van der Waals surface area contributed by atoms with Crippen LogP contribution in [0.5, 0.6) is 0 Å². The molecule has 4 rings (SSSR count). The van der Waals surface area contributed by atoms with E-state index < -0.39 is 27.8 Å². The lowest BCUT2D eigenvalue weighted by Gasteiger charge is -2.31. The molecule has 1 aliphatic carbocycles. The molecule has 3 aromatic rings. The number of carbonyl (C=O) groups is 2. The van der Waals surface area contributed by atoms with Crippen molar-refractivity contribution in [3.63, 3.8) is 0 Å². The maximum atomic E-state index is 13.7. The lowest BCUT2D eigenvalue weighted by molar-refractivity contribution is -0.141. The third-order valence-electron chi connectivity index (χ3n) is 6.71. The first-order valence-corrected chi connectivity index (χ1v) is 14.8. The van der Waals surface area contributed by atoms with Gasteiger partial charge in [-0.1, -0.05) is 54.6 Å². The molecule has 0 aliphatic heterocycles. The van der Waals surface area contributed by atoms with Crippen molar-refractivity contribution in [3.05, 3.63) is 101 Å². The summed E-state index contributed by atoms with van der Waals surface area (Å²) >= 11 is 0. The molecule has 0 bridgehead atoms. The molecular formula is C30H34FN3O5S. The van der Waals surface area contributed by atoms with E-state index in [0.717, 1.165) is 24.0 Å². The third-order valence-corrected chi connectivity index (χ3v) is 8.25. The second-order valence-corrected chi connectivity index (χ2v) is 11.6. The van der Waals surface area contributed by atoms with Crippen LogP contribution in [-0.4, -0.2) is 55.5 Å². The summed E-state index contributed by atoms with van der Waals surface area (Å²) in [7, 11) is -3.57. The number of hydrogen-bond donors (Lipinski definition) is 3. The Morgan fingerprint density at radius 1 is 0.925 bits per heavy atom. The van der Waals surface area contributed by atoms with E-state index >= 15 is 0 Å². The van der Waals surface area contributed by atoms with Crippen LogP contribution in [0, 0.1) is 5.82 Å². The van der Waals surface area contributed by atoms with Gasteiger partial charge in [0.2, 0.25) is 21.8 Å². The molecule has 1 aliphatic rings. The van der Waals surface area contributed by atoms with Crippen LogP contribution in [0.15, 0.2) is 83.8 Å². The van der Waals surface area contributed by atoms with Gasteiger partial charge in [-0.2, -0.15) is 0 Å². The molecule has 1 atom stereocenters. The lowest BCUT2D eigenvalue weighted by atomic mass is 10.0. The van der Waals surface area contributed by atoms with Gasteiger partial charge in [0.05, 0.1) is 11.5 Å². The number of aliphatic hydroxyl groups excluding tert-OH is 1. The van der Waals surface area contributed by atoms with E-state index in [9.17, 15) is 27.5 Å². The lowest BCUT2D eigenvalue weighted by Crippen LogP contribution is -2.51. The quantitative estimate of drug-likeness (QED) is 0.277. The second-order valence-electron chi connectivity index (χ2n) is 9.91. The number of carbonyl (C=O) groups excluding carboxylic acids is 2. The fourth-order valence-corrected chi connectivity index (χ4v) is 5.66. The highest BCUT2D eigenvalue weighted by Gasteiger charge is 2.30. The van der Waals surface area contributed by atoms with Gasteiger partial charge in [-0.05, 0) is 60.2 Å². The molecule has 212 valence electrons. The van der Waals surface area contributed by atoms with Gasteiger partial charge < -0.3 is 15.3 Å². The topological polar surface area (TPSA) is 116 Å². The minimum Gasteiger partial charge on any atom is -0.395 e. The maximum Gasteiger partial charge on any atom is 0.243 e. The first kappa shape index (κ1) is 29.4. The summed E-state index contributed by atoms with van der Waals surface area (Å²) in [5, 5.41) is 11.9. The number of benzene rings is 3. The predicted molar refractivity (Wildman–Crippen MR) is 149 cm³/mol. The van der Waals surface area contributed by atoms with Crippen molar-refractivity contribution in [1.29, 1.82) is 0 Å². The Kier molecular flexibility index (Phi) is 10.0. The standard InChI is InChI=1S/C30H34FN3O5S/c31-25-11-6-24(7-12-25)21-34(28(30(37)32-18-19-35)20-23-4-2-1-3-5-23)29(36)17-10-22-8-15-27(16-9-22)40(38,39)33-26-13-14-26/h1-9,11-12,15-16,26,28,33,35H,10,13-14,17-21H2,(H,32,37)/t28-/m0/s1. The summed E-state index contributed by atoms with van der Waals surface area (Å²) in [6, 6.07) is 20.7. The summed E-state index contributed by atoms with van der Waals surface area (Å²) in [4.78, 5) is 28.6. The van der Waals surface area contributed by atoms with Crippen molar-refractivity contribution < 1.29 is 27.5 Å². The summed E-state index contributed by atoms with van der Waals surface area (Å²) in [6.45, 7) is -0.0989. The Balaban J connectivity index is 1.53. The molecule has 0 saturated heterocycles. The monoisotopic (exact) mass is 567 g/mol. The van der Waals surface area contributed by atoms with Crippen molar-refractivity contribution in [3.8, 4) is 0 Å². The third kappa shape index (κ3) is 8.45. The average Bonchev–Trinajstić information content (AvgIpc) is 3.77. The van der Waals surface area contributed by atoms with E-state index in [1.54, 1.807) is 24.3 Å². The van der Waals surface area contributed by atoms with Crippen LogP contribution in [-0.2, 0) is 39.0 Å². The van der Waals surface area contributed by atoms with Crippen LogP contribution >= 0.6 is 0 Å². The zero-order chi connectivity index (χ0) is 28.5. The van der Waals surface area contributed by atoms with E-state index in [1.807, 2.05) is 30.3 Å². The van der Waals surface area contributed by atoms with Gasteiger partial charge in [0.15, 0.2) is 0 Å². The highest BCUT2D eigenvalue weighted by molar-refractivity contribution is 7.89. The molecule has 3 aromatic carbocycles. The summed E-state index contributed by atoms with van der Waals surface area (Å²) in [5.41, 5.74) is 2.31. The van der Waals surface area contributed by atoms with Gasteiger partial charge >= 0.3 is 0 Å². The van der Waals surface area contributed by atoms with E-state index in [0.29, 0.717) is 12.0 Å². The number of nitrogens with one attached hydrogen (secondary N) is 2. The molecule has 0 heterocycles. The number of hydrogen-bond acceptors (Lipinski definition) is 5. The number of aliphatic hydroxyl groups is 1. The summed E-state index contributed by atoms with van der Waals surface area (Å²) in [6.07, 6.45) is 2.36. The highest BCUT2D eigenvalue weighted by atomic mass is 32.2. The van der Waals surface area contributed by atoms with E-state index in [-0.39, 0.29) is 49.4 Å². The predicted octanol–water partition coefficient (Wildman–Crippen LogP) is 2.95. The van der Waals surface area contributed by atoms with Crippen molar-refractivity contribution in [2.45, 2.75) is 55.6 Å². The molecule has 3 N–H and O–H groups in total. The highest BCUT2D eigenvalue weighted by Crippen LogP contribution is 2.23. The van der Waals surface area contributed by atoms with Crippen LogP contribution in [0.1, 0.15) is 36.0 Å². The van der Waals surface area contributed by atoms with Crippen LogP contribution in [0.3, 0.4) is 0 Å². The Morgan fingerprint density at radius 3 is 2.20 bits per heavy atom. The van der Waals surface area contributed by atoms with Crippen molar-refractivity contribution in [2.75, 3.05) is 13.2 Å². The molecule has 0 spiro atoms. The number of aryl methyl sites for hydroxylation is 1. The minimum absolute atomic E-state index is 0.00722. The summed E-state index contributed by atoms with van der Waals surface area (Å²) < 4.78 is 41.1. The Morgan fingerprint density at radius 2 is 1.57 bits per heavy atom. The van der Waals surface area contributed by atoms with Crippen LogP contribution in [0.25, 0.3) is 0 Å². The molecule has 8 nitrogen and oxygen atoms in total. The van der Waals surface area contributed by atoms with E-state index in [2.05, 4.69) is 10.0 Å². The van der Waals surface area contributed by atoms with Crippen molar-refractivity contribution in [2.24, 2.45) is 0 Å². The van der Waals surface area contributed by atoms with Gasteiger partial charge in [0.25, 0.3) is 0 Å². The van der Waals surface area contributed by atoms with Gasteiger partial charge in [-0.25, -0.2) is 17.5 Å². The first-order chi connectivity index (χ1) is 19.2. The van der Waals surface area contributed by atoms with Gasteiger partial charge in [-0.15, -0.1) is 0 Å². The summed E-state index contributed by atoms with van der Waals surface area (Å²) in [5.74, 6) is -1.08. The maximum absolute atomic E-state index is 13.7. The van der Waals surface area contributed by atoms with E-state index in [4.69, 9.17) is 0 Å².